The summed E-state index contributed by atoms with van der Waals surface area (Å²) in [5.41, 5.74) is 7.81. The monoisotopic (exact) mass is 204 g/mol. The normalized spacial score (nSPS) is 12.7. The van der Waals surface area contributed by atoms with Gasteiger partial charge in [0.25, 0.3) is 0 Å². The zero-order valence-corrected chi connectivity index (χ0v) is 9.32. The third-order valence-electron chi connectivity index (χ3n) is 2.17. The van der Waals surface area contributed by atoms with Crippen molar-refractivity contribution >= 4 is 11.4 Å². The van der Waals surface area contributed by atoms with Crippen LogP contribution in [0.1, 0.15) is 12.5 Å². The summed E-state index contributed by atoms with van der Waals surface area (Å²) in [6.45, 7) is 2.00. The van der Waals surface area contributed by atoms with Crippen LogP contribution in [0.5, 0.6) is 5.75 Å². The van der Waals surface area contributed by atoms with Crippen LogP contribution in [0.25, 0.3) is 5.57 Å². The molecule has 1 aromatic rings. The highest BCUT2D eigenvalue weighted by molar-refractivity contribution is 5.97. The number of benzene rings is 1. The molecule has 0 amide bonds. The lowest BCUT2D eigenvalue weighted by Gasteiger charge is -2.03. The van der Waals surface area contributed by atoms with Crippen molar-refractivity contribution < 1.29 is 4.74 Å². The molecule has 0 atom stereocenters. The summed E-state index contributed by atoms with van der Waals surface area (Å²) in [5.74, 6) is 1.38. The molecule has 0 saturated carbocycles. The fourth-order valence-corrected chi connectivity index (χ4v) is 1.22. The Kier molecular flexibility index (Phi) is 3.92. The van der Waals surface area contributed by atoms with Crippen LogP contribution in [-0.4, -0.2) is 20.0 Å². The Morgan fingerprint density at radius 1 is 1.33 bits per heavy atom. The number of hydrogen-bond donors (Lipinski definition) is 1. The van der Waals surface area contributed by atoms with E-state index in [4.69, 9.17) is 10.5 Å². The van der Waals surface area contributed by atoms with E-state index in [1.165, 1.54) is 0 Å². The van der Waals surface area contributed by atoms with Crippen LogP contribution in [-0.2, 0) is 0 Å². The van der Waals surface area contributed by atoms with E-state index in [2.05, 4.69) is 4.99 Å². The maximum Gasteiger partial charge on any atom is 0.118 e. The molecule has 0 heterocycles. The Labute approximate surface area is 90.3 Å². The molecule has 0 aliphatic rings. The van der Waals surface area contributed by atoms with Crippen LogP contribution >= 0.6 is 0 Å². The summed E-state index contributed by atoms with van der Waals surface area (Å²) in [5, 5.41) is 0. The van der Waals surface area contributed by atoms with E-state index >= 15 is 0 Å². The molecule has 0 bridgehead atoms. The van der Waals surface area contributed by atoms with Gasteiger partial charge in [0.1, 0.15) is 11.6 Å². The number of rotatable bonds is 3. The number of aliphatic imine (C=N–C) groups is 1. The van der Waals surface area contributed by atoms with Crippen molar-refractivity contribution in [1.82, 2.24) is 0 Å². The Bertz CT molecular complexity index is 377. The third-order valence-corrected chi connectivity index (χ3v) is 2.17. The first-order valence-corrected chi connectivity index (χ1v) is 4.72. The van der Waals surface area contributed by atoms with Crippen molar-refractivity contribution in [2.24, 2.45) is 10.7 Å². The lowest BCUT2D eigenvalue weighted by Crippen LogP contribution is -2.07. The van der Waals surface area contributed by atoms with Crippen LogP contribution in [0, 0.1) is 0 Å². The number of hydrogen-bond acceptors (Lipinski definition) is 2. The molecule has 1 rings (SSSR count). The van der Waals surface area contributed by atoms with Gasteiger partial charge in [-0.3, -0.25) is 4.99 Å². The van der Waals surface area contributed by atoms with E-state index in [0.29, 0.717) is 5.84 Å². The third kappa shape index (κ3) is 3.13. The fraction of sp³-hybridized carbons (Fsp3) is 0.250. The Hall–Kier alpha value is -1.77. The first-order valence-electron chi connectivity index (χ1n) is 4.72. The number of nitrogens with two attached hydrogens (primary N) is 1. The smallest absolute Gasteiger partial charge is 0.118 e. The molecule has 1 aromatic carbocycles. The van der Waals surface area contributed by atoms with Crippen molar-refractivity contribution in [2.75, 3.05) is 14.2 Å². The van der Waals surface area contributed by atoms with Gasteiger partial charge in [0.2, 0.25) is 0 Å². The first kappa shape index (κ1) is 11.3. The Morgan fingerprint density at radius 3 is 2.40 bits per heavy atom. The van der Waals surface area contributed by atoms with Gasteiger partial charge in [-0.2, -0.15) is 0 Å². The molecule has 3 heteroatoms. The van der Waals surface area contributed by atoms with Gasteiger partial charge in [0, 0.05) is 7.05 Å². The summed E-state index contributed by atoms with van der Waals surface area (Å²) in [6, 6.07) is 7.83. The molecule has 0 aliphatic carbocycles. The summed E-state index contributed by atoms with van der Waals surface area (Å²) < 4.78 is 5.08. The van der Waals surface area contributed by atoms with Crippen molar-refractivity contribution in [3.63, 3.8) is 0 Å². The molecule has 2 N–H and O–H groups in total. The zero-order valence-electron chi connectivity index (χ0n) is 9.32. The minimum absolute atomic E-state index is 0.531. The number of methoxy groups -OCH3 is 1. The largest absolute Gasteiger partial charge is 0.497 e. The van der Waals surface area contributed by atoms with Gasteiger partial charge < -0.3 is 10.5 Å². The number of allylic oxidation sites excluding steroid dienone is 1. The number of ether oxygens (including phenoxy) is 1. The van der Waals surface area contributed by atoms with Gasteiger partial charge in [-0.05, 0) is 36.3 Å². The average molecular weight is 204 g/mol. The maximum atomic E-state index is 5.62. The minimum Gasteiger partial charge on any atom is -0.497 e. The van der Waals surface area contributed by atoms with Gasteiger partial charge in [-0.15, -0.1) is 0 Å². The summed E-state index contributed by atoms with van der Waals surface area (Å²) in [4.78, 5) is 3.88. The summed E-state index contributed by atoms with van der Waals surface area (Å²) >= 11 is 0. The average Bonchev–Trinajstić information content (AvgIpc) is 2.29. The van der Waals surface area contributed by atoms with Crippen molar-refractivity contribution in [3.05, 3.63) is 35.9 Å². The van der Waals surface area contributed by atoms with Crippen LogP contribution in [0.2, 0.25) is 0 Å². The van der Waals surface area contributed by atoms with Crippen LogP contribution in [0.15, 0.2) is 35.3 Å². The molecule has 80 valence electrons. The van der Waals surface area contributed by atoms with Gasteiger partial charge in [0.15, 0.2) is 0 Å². The van der Waals surface area contributed by atoms with Gasteiger partial charge in [-0.25, -0.2) is 0 Å². The molecule has 15 heavy (non-hydrogen) atoms. The molecule has 0 unspecified atom stereocenters. The van der Waals surface area contributed by atoms with Gasteiger partial charge in [0.05, 0.1) is 7.11 Å². The highest BCUT2D eigenvalue weighted by atomic mass is 16.5. The highest BCUT2D eigenvalue weighted by Crippen LogP contribution is 2.17. The first-order chi connectivity index (χ1) is 7.17. The van der Waals surface area contributed by atoms with E-state index in [9.17, 15) is 0 Å². The van der Waals surface area contributed by atoms with E-state index in [0.717, 1.165) is 16.9 Å². The second kappa shape index (κ2) is 5.20. The standard InChI is InChI=1S/C12H16N2O/c1-9(8-12(13)14-2)10-4-6-11(15-3)7-5-10/h4-8H,1-3H3,(H2,13,14)/b9-8+. The van der Waals surface area contributed by atoms with E-state index in [1.54, 1.807) is 14.2 Å². The molecule has 0 radical (unpaired) electrons. The predicted molar refractivity (Wildman–Crippen MR) is 64.2 cm³/mol. The molecule has 0 fully saturated rings. The van der Waals surface area contributed by atoms with Gasteiger partial charge >= 0.3 is 0 Å². The van der Waals surface area contributed by atoms with Crippen molar-refractivity contribution in [2.45, 2.75) is 6.92 Å². The van der Waals surface area contributed by atoms with Crippen LogP contribution in [0.3, 0.4) is 0 Å². The number of nitrogens with zero attached hydrogens (tertiary/aromatic N) is 1. The van der Waals surface area contributed by atoms with Crippen LogP contribution in [0.4, 0.5) is 0 Å². The molecule has 0 saturated heterocycles. The maximum absolute atomic E-state index is 5.62. The molecule has 0 aliphatic heterocycles. The van der Waals surface area contributed by atoms with E-state index < -0.39 is 0 Å². The summed E-state index contributed by atoms with van der Waals surface area (Å²) in [6.07, 6.45) is 1.85. The van der Waals surface area contributed by atoms with Gasteiger partial charge in [-0.1, -0.05) is 12.1 Å². The lowest BCUT2D eigenvalue weighted by atomic mass is 10.1. The molecule has 0 aromatic heterocycles. The predicted octanol–water partition coefficient (Wildman–Crippen LogP) is 2.09. The molecule has 0 spiro atoms. The molecule has 3 nitrogen and oxygen atoms in total. The quantitative estimate of drug-likeness (QED) is 0.605. The van der Waals surface area contributed by atoms with Crippen LogP contribution < -0.4 is 10.5 Å². The second-order valence-electron chi connectivity index (χ2n) is 3.20. The van der Waals surface area contributed by atoms with E-state index in [-0.39, 0.29) is 0 Å². The topological polar surface area (TPSA) is 47.6 Å². The van der Waals surface area contributed by atoms with Crippen molar-refractivity contribution in [3.8, 4) is 5.75 Å². The molecular weight excluding hydrogens is 188 g/mol. The summed E-state index contributed by atoms with van der Waals surface area (Å²) in [7, 11) is 3.33. The Morgan fingerprint density at radius 2 is 1.93 bits per heavy atom. The van der Waals surface area contributed by atoms with E-state index in [1.807, 2.05) is 37.3 Å². The fourth-order valence-electron chi connectivity index (χ4n) is 1.22. The zero-order chi connectivity index (χ0) is 11.3. The lowest BCUT2D eigenvalue weighted by molar-refractivity contribution is 0.415. The van der Waals surface area contributed by atoms with Crippen molar-refractivity contribution in [1.29, 1.82) is 0 Å². The second-order valence-corrected chi connectivity index (χ2v) is 3.20. The Balaban J connectivity index is 2.92. The minimum atomic E-state index is 0.531. The SMILES string of the molecule is C/N=C(N)\C=C(/C)c1ccc(OC)cc1. The number of amidine groups is 1. The molecular formula is C12H16N2O. The highest BCUT2D eigenvalue weighted by Gasteiger charge is 1.97.